The quantitative estimate of drug-likeness (QED) is 0.0258. The fraction of sp³-hybridized carbons (Fsp3) is 0.185. The number of benzene rings is 8. The van der Waals surface area contributed by atoms with Gasteiger partial charge in [-0.25, -0.2) is 10.9 Å². The number of aromatic hydroxyl groups is 2. The summed E-state index contributed by atoms with van der Waals surface area (Å²) in [5.74, 6) is -0.338. The molecule has 0 saturated heterocycles. The summed E-state index contributed by atoms with van der Waals surface area (Å²) in [4.78, 5) is 30.8. The number of fused-ring (bicyclic) bond motifs is 4. The predicted octanol–water partition coefficient (Wildman–Crippen LogP) is 13.0. The van der Waals surface area contributed by atoms with E-state index in [2.05, 4.69) is 180 Å². The van der Waals surface area contributed by atoms with Gasteiger partial charge in [0.2, 0.25) is 0 Å². The summed E-state index contributed by atoms with van der Waals surface area (Å²) in [6, 6.07) is 44.8. The van der Waals surface area contributed by atoms with Crippen LogP contribution in [-0.4, -0.2) is 73.8 Å². The molecule has 4 N–H and O–H groups in total. The maximum Gasteiger partial charge on any atom is 0.259 e. The van der Waals surface area contributed by atoms with Crippen LogP contribution in [0.1, 0.15) is 36.8 Å². The van der Waals surface area contributed by atoms with Crippen LogP contribution in [0.25, 0.3) is 43.1 Å². The van der Waals surface area contributed by atoms with E-state index in [0.29, 0.717) is 55.3 Å². The van der Waals surface area contributed by atoms with E-state index in [1.165, 1.54) is 23.2 Å². The van der Waals surface area contributed by atoms with Gasteiger partial charge >= 0.3 is 0 Å². The van der Waals surface area contributed by atoms with Gasteiger partial charge in [-0.15, -0.1) is 0 Å². The Morgan fingerprint density at radius 1 is 0.478 bits per heavy atom. The number of hydrazone groups is 2. The van der Waals surface area contributed by atoms with E-state index in [0.717, 1.165) is 69.4 Å². The Kier molecular flexibility index (Phi) is 17.0. The molecule has 69 heavy (non-hydrogen) atoms. The molecule has 15 heteroatoms. The van der Waals surface area contributed by atoms with Crippen LogP contribution in [0.2, 0.25) is 0 Å². The van der Waals surface area contributed by atoms with Crippen LogP contribution >= 0.6 is 63.7 Å². The van der Waals surface area contributed by atoms with Gasteiger partial charge in [0.15, 0.2) is 0 Å². The van der Waals surface area contributed by atoms with Crippen molar-refractivity contribution in [3.05, 3.63) is 162 Å². The summed E-state index contributed by atoms with van der Waals surface area (Å²) >= 11 is 13.3. The second kappa shape index (κ2) is 23.6. The molecule has 0 aromatic heterocycles. The maximum atomic E-state index is 13.3. The molecule has 0 spiro atoms. The van der Waals surface area contributed by atoms with Gasteiger partial charge in [-0.2, -0.15) is 10.2 Å². The minimum Gasteiger partial charge on any atom is -0.506 e. The van der Waals surface area contributed by atoms with E-state index in [-0.39, 0.29) is 36.4 Å². The third-order valence-corrected chi connectivity index (χ3v) is 14.0. The molecule has 2 amide bonds. The van der Waals surface area contributed by atoms with Crippen LogP contribution in [0, 0.1) is 0 Å². The van der Waals surface area contributed by atoms with Crippen molar-refractivity contribution in [3.63, 3.8) is 0 Å². The fourth-order valence-corrected chi connectivity index (χ4v) is 10.5. The van der Waals surface area contributed by atoms with Gasteiger partial charge in [-0.05, 0) is 216 Å². The van der Waals surface area contributed by atoms with Crippen molar-refractivity contribution in [3.8, 4) is 11.5 Å². The van der Waals surface area contributed by atoms with Crippen LogP contribution in [0.5, 0.6) is 11.5 Å². The van der Waals surface area contributed by atoms with Crippen LogP contribution in [0.3, 0.4) is 0 Å². The molecule has 0 bridgehead atoms. The monoisotopic (exact) mass is 1180 g/mol. The summed E-state index contributed by atoms with van der Waals surface area (Å²) in [5.41, 5.74) is 8.60. The first-order chi connectivity index (χ1) is 33.5. The van der Waals surface area contributed by atoms with Crippen molar-refractivity contribution in [2.24, 2.45) is 10.2 Å². The molecular formula is C54H48Br4N6O5. The Balaban J connectivity index is 0.861. The molecule has 0 aliphatic carbocycles. The lowest BCUT2D eigenvalue weighted by atomic mass is 10.0. The predicted molar refractivity (Wildman–Crippen MR) is 295 cm³/mol. The Morgan fingerprint density at radius 2 is 0.826 bits per heavy atom. The number of unbranched alkanes of at least 4 members (excludes halogenated alkanes) is 2. The minimum absolute atomic E-state index is 0.0898. The zero-order valence-electron chi connectivity index (χ0n) is 37.3. The average molecular weight is 1180 g/mol. The lowest BCUT2D eigenvalue weighted by molar-refractivity contribution is -0.120. The summed E-state index contributed by atoms with van der Waals surface area (Å²) < 4.78 is 8.17. The molecule has 0 saturated carbocycles. The number of hydrogen-bond donors (Lipinski definition) is 4. The summed E-state index contributed by atoms with van der Waals surface area (Å²) in [7, 11) is 0. The zero-order valence-corrected chi connectivity index (χ0v) is 43.7. The van der Waals surface area contributed by atoms with Crippen molar-refractivity contribution < 1.29 is 24.5 Å². The highest BCUT2D eigenvalue weighted by molar-refractivity contribution is 9.11. The first-order valence-electron chi connectivity index (χ1n) is 22.4. The van der Waals surface area contributed by atoms with E-state index in [9.17, 15) is 19.8 Å². The second-order valence-corrected chi connectivity index (χ2v) is 20.0. The highest BCUT2D eigenvalue weighted by atomic mass is 79.9. The lowest BCUT2D eigenvalue weighted by Gasteiger charge is -2.25. The molecule has 8 aromatic rings. The summed E-state index contributed by atoms with van der Waals surface area (Å²) in [6.45, 7) is 2.60. The van der Waals surface area contributed by atoms with Crippen molar-refractivity contribution in [1.82, 2.24) is 10.9 Å². The first-order valence-corrected chi connectivity index (χ1v) is 25.6. The summed E-state index contributed by atoms with van der Waals surface area (Å²) in [6.07, 6.45) is 6.26. The van der Waals surface area contributed by atoms with E-state index < -0.39 is 0 Å². The van der Waals surface area contributed by atoms with Gasteiger partial charge < -0.3 is 24.7 Å². The number of hydrogen-bond acceptors (Lipinski definition) is 9. The number of anilines is 2. The van der Waals surface area contributed by atoms with Gasteiger partial charge in [0, 0.05) is 37.7 Å². The molecule has 0 heterocycles. The van der Waals surface area contributed by atoms with Crippen LogP contribution < -0.4 is 20.7 Å². The molecule has 0 atom stereocenters. The number of ether oxygens (including phenoxy) is 1. The van der Waals surface area contributed by atoms with Crippen molar-refractivity contribution in [2.45, 2.75) is 25.7 Å². The highest BCUT2D eigenvalue weighted by Crippen LogP contribution is 2.34. The molecule has 352 valence electrons. The number of rotatable bonds is 20. The van der Waals surface area contributed by atoms with E-state index in [1.54, 1.807) is 24.3 Å². The van der Waals surface area contributed by atoms with Gasteiger partial charge in [-0.3, -0.25) is 9.59 Å². The SMILES string of the molecule is O=C(CN(CCCCOCCCCN(CC(=O)N/N=C\c1cc(Br)c(O)c(Br)c1)c1ccc2cc3ccccc3cc2c1)c1ccc2cc3ccccc3cc2c1)N/N=C\c1cc(Br)c(O)c(Br)c1. The highest BCUT2D eigenvalue weighted by Gasteiger charge is 2.15. The molecule has 11 nitrogen and oxygen atoms in total. The first kappa shape index (κ1) is 49.6. The number of halogens is 4. The molecule has 0 aliphatic heterocycles. The van der Waals surface area contributed by atoms with Gasteiger partial charge in [-0.1, -0.05) is 60.7 Å². The molecule has 8 aromatic carbocycles. The van der Waals surface area contributed by atoms with Gasteiger partial charge in [0.25, 0.3) is 11.8 Å². The Labute approximate surface area is 433 Å². The summed E-state index contributed by atoms with van der Waals surface area (Å²) in [5, 5.41) is 37.6. The second-order valence-electron chi connectivity index (χ2n) is 16.6. The molecule has 0 fully saturated rings. The fourth-order valence-electron chi connectivity index (χ4n) is 8.06. The van der Waals surface area contributed by atoms with Crippen molar-refractivity contribution >= 4 is 142 Å². The van der Waals surface area contributed by atoms with Crippen LogP contribution in [-0.2, 0) is 14.3 Å². The number of phenols is 2. The number of phenolic OH excluding ortho intramolecular Hbond substituents is 2. The van der Waals surface area contributed by atoms with Gasteiger partial charge in [0.1, 0.15) is 11.5 Å². The van der Waals surface area contributed by atoms with Crippen LogP contribution in [0.4, 0.5) is 11.4 Å². The number of nitrogens with one attached hydrogen (secondary N) is 2. The molecule has 8 rings (SSSR count). The number of amides is 2. The standard InChI is InChI=1S/C54H48Br4N6O5/c55-47-21-35(22-48(56)53(47)67)31-59-61-51(65)33-63(45-15-13-41-25-37-9-1-3-11-39(37)27-43(41)29-45)17-5-7-19-69-20-8-6-18-64(34-52(66)62-60-32-36-23-49(57)54(68)50(58)24-36)46-16-14-42-26-38-10-2-4-12-40(38)28-44(42)30-46/h1-4,9-16,21-32,67-68H,5-8,17-20,33-34H2,(H,61,65)(H,62,66)/b59-31-,60-32-. The minimum atomic E-state index is -0.259. The average Bonchev–Trinajstić information content (AvgIpc) is 3.34. The Bertz CT molecular complexity index is 2960. The largest absolute Gasteiger partial charge is 0.506 e. The Hall–Kier alpha value is -5.84. The Morgan fingerprint density at radius 3 is 1.20 bits per heavy atom. The molecule has 0 unspecified atom stereocenters. The van der Waals surface area contributed by atoms with Crippen molar-refractivity contribution in [2.75, 3.05) is 49.2 Å². The molecular weight excluding hydrogens is 1130 g/mol. The molecule has 0 aliphatic rings. The topological polar surface area (TPSA) is 139 Å². The van der Waals surface area contributed by atoms with Crippen molar-refractivity contribution in [1.29, 1.82) is 0 Å². The van der Waals surface area contributed by atoms with Gasteiger partial charge in [0.05, 0.1) is 43.4 Å². The lowest BCUT2D eigenvalue weighted by Crippen LogP contribution is -2.36. The number of carbonyl (C=O) groups excluding carboxylic acids is 2. The smallest absolute Gasteiger partial charge is 0.259 e. The number of nitrogens with zero attached hydrogens (tertiary/aromatic N) is 4. The normalized spacial score (nSPS) is 11.7. The third kappa shape index (κ3) is 13.3. The third-order valence-electron chi connectivity index (χ3n) is 11.6. The molecule has 0 radical (unpaired) electrons. The zero-order chi connectivity index (χ0) is 48.3. The maximum absolute atomic E-state index is 13.3. The van der Waals surface area contributed by atoms with E-state index in [4.69, 9.17) is 4.74 Å². The number of carbonyl (C=O) groups is 2. The van der Waals surface area contributed by atoms with E-state index in [1.807, 2.05) is 24.3 Å². The van der Waals surface area contributed by atoms with E-state index >= 15 is 0 Å². The van der Waals surface area contributed by atoms with Crippen LogP contribution in [0.15, 0.2) is 162 Å².